The van der Waals surface area contributed by atoms with Gasteiger partial charge in [-0.3, -0.25) is 9.59 Å². The average molecular weight is 184 g/mol. The van der Waals surface area contributed by atoms with Crippen LogP contribution in [0.15, 0.2) is 12.2 Å². The monoisotopic (exact) mass is 184 g/mol. The Balaban J connectivity index is 4.41. The first-order valence-electron chi connectivity index (χ1n) is 4.20. The van der Waals surface area contributed by atoms with Crippen molar-refractivity contribution in [1.82, 2.24) is 0 Å². The number of amides is 2. The molecule has 74 valence electrons. The lowest BCUT2D eigenvalue weighted by atomic mass is 9.90. The zero-order chi connectivity index (χ0) is 10.4. The van der Waals surface area contributed by atoms with Crippen LogP contribution in [-0.4, -0.2) is 11.8 Å². The summed E-state index contributed by atoms with van der Waals surface area (Å²) in [4.78, 5) is 21.7. The summed E-state index contributed by atoms with van der Waals surface area (Å²) in [6, 6.07) is 0. The number of primary amides is 2. The molecule has 0 aliphatic heterocycles. The number of carbonyl (C=O) groups excluding carboxylic acids is 2. The highest BCUT2D eigenvalue weighted by atomic mass is 16.2. The lowest BCUT2D eigenvalue weighted by molar-refractivity contribution is -0.130. The van der Waals surface area contributed by atoms with E-state index >= 15 is 0 Å². The van der Waals surface area contributed by atoms with E-state index in [2.05, 4.69) is 0 Å². The van der Waals surface area contributed by atoms with Crippen LogP contribution >= 0.6 is 0 Å². The third-order valence-corrected chi connectivity index (χ3v) is 2.04. The fraction of sp³-hybridized carbons (Fsp3) is 0.556. The first-order valence-corrected chi connectivity index (χ1v) is 4.20. The van der Waals surface area contributed by atoms with Gasteiger partial charge in [-0.25, -0.2) is 0 Å². The van der Waals surface area contributed by atoms with E-state index in [1.807, 2.05) is 13.0 Å². The van der Waals surface area contributed by atoms with Gasteiger partial charge in [0.2, 0.25) is 11.8 Å². The Labute approximate surface area is 78.0 Å². The Kier molecular flexibility index (Phi) is 4.80. The number of nitrogens with two attached hydrogens (primary N) is 2. The van der Waals surface area contributed by atoms with Crippen LogP contribution in [0.3, 0.4) is 0 Å². The Hall–Kier alpha value is -1.32. The summed E-state index contributed by atoms with van der Waals surface area (Å²) in [5.41, 5.74) is 10.2. The first-order chi connectivity index (χ1) is 6.00. The molecule has 0 aromatic rings. The van der Waals surface area contributed by atoms with Crippen molar-refractivity contribution >= 4 is 11.8 Å². The van der Waals surface area contributed by atoms with E-state index in [1.54, 1.807) is 13.0 Å². The maximum absolute atomic E-state index is 10.9. The topological polar surface area (TPSA) is 86.2 Å². The molecule has 13 heavy (non-hydrogen) atoms. The molecule has 2 unspecified atom stereocenters. The molecule has 4 nitrogen and oxygen atoms in total. The van der Waals surface area contributed by atoms with Gasteiger partial charge in [0, 0.05) is 5.92 Å². The van der Waals surface area contributed by atoms with Gasteiger partial charge < -0.3 is 11.5 Å². The van der Waals surface area contributed by atoms with Gasteiger partial charge in [0.05, 0.1) is 5.92 Å². The molecule has 0 heterocycles. The second kappa shape index (κ2) is 5.35. The normalized spacial score (nSPS) is 15.5. The number of hydrogen-bond acceptors (Lipinski definition) is 2. The second-order valence-corrected chi connectivity index (χ2v) is 3.00. The van der Waals surface area contributed by atoms with E-state index in [9.17, 15) is 9.59 Å². The van der Waals surface area contributed by atoms with Gasteiger partial charge in [0.1, 0.15) is 0 Å². The van der Waals surface area contributed by atoms with Crippen molar-refractivity contribution in [3.8, 4) is 0 Å². The fourth-order valence-corrected chi connectivity index (χ4v) is 1.05. The highest BCUT2D eigenvalue weighted by molar-refractivity contribution is 5.85. The van der Waals surface area contributed by atoms with E-state index in [1.165, 1.54) is 0 Å². The molecule has 0 bridgehead atoms. The molecule has 2 amide bonds. The molecule has 2 atom stereocenters. The fourth-order valence-electron chi connectivity index (χ4n) is 1.05. The standard InChI is InChI=1S/C9H16N2O2/c1-3-4-5-7(9(11)13)6(2)8(10)12/h3-4,6-7H,5H2,1-2H3,(H2,10,12)(H2,11,13). The summed E-state index contributed by atoms with van der Waals surface area (Å²) < 4.78 is 0. The van der Waals surface area contributed by atoms with E-state index < -0.39 is 23.7 Å². The smallest absolute Gasteiger partial charge is 0.221 e. The molecule has 0 aliphatic rings. The van der Waals surface area contributed by atoms with Crippen LogP contribution in [0, 0.1) is 11.8 Å². The van der Waals surface area contributed by atoms with Crippen LogP contribution in [0.5, 0.6) is 0 Å². The Morgan fingerprint density at radius 3 is 2.15 bits per heavy atom. The summed E-state index contributed by atoms with van der Waals surface area (Å²) in [5, 5.41) is 0. The maximum Gasteiger partial charge on any atom is 0.221 e. The molecule has 0 aromatic carbocycles. The predicted octanol–water partition coefficient (Wildman–Crippen LogP) is 0.175. The van der Waals surface area contributed by atoms with Crippen molar-refractivity contribution < 1.29 is 9.59 Å². The zero-order valence-corrected chi connectivity index (χ0v) is 7.99. The molecule has 0 fully saturated rings. The third kappa shape index (κ3) is 3.73. The van der Waals surface area contributed by atoms with E-state index in [-0.39, 0.29) is 0 Å². The number of hydrogen-bond donors (Lipinski definition) is 2. The minimum absolute atomic E-state index is 0.468. The SMILES string of the molecule is CC=CCC(C(N)=O)C(C)C(N)=O. The van der Waals surface area contributed by atoms with Gasteiger partial charge in [0.15, 0.2) is 0 Å². The molecular formula is C9H16N2O2. The number of allylic oxidation sites excluding steroid dienone is 2. The molecule has 4 heteroatoms. The molecule has 0 rings (SSSR count). The highest BCUT2D eigenvalue weighted by Gasteiger charge is 2.25. The molecule has 4 N–H and O–H groups in total. The molecule has 0 spiro atoms. The molecule has 0 saturated heterocycles. The van der Waals surface area contributed by atoms with Gasteiger partial charge in [-0.05, 0) is 13.3 Å². The quantitative estimate of drug-likeness (QED) is 0.597. The zero-order valence-electron chi connectivity index (χ0n) is 7.99. The van der Waals surface area contributed by atoms with E-state index in [4.69, 9.17) is 11.5 Å². The van der Waals surface area contributed by atoms with Crippen LogP contribution in [0.1, 0.15) is 20.3 Å². The van der Waals surface area contributed by atoms with Gasteiger partial charge in [0.25, 0.3) is 0 Å². The Bertz CT molecular complexity index is 224. The highest BCUT2D eigenvalue weighted by Crippen LogP contribution is 2.15. The lowest BCUT2D eigenvalue weighted by Gasteiger charge is -2.15. The van der Waals surface area contributed by atoms with Crippen molar-refractivity contribution in [1.29, 1.82) is 0 Å². The van der Waals surface area contributed by atoms with Crippen LogP contribution < -0.4 is 11.5 Å². The van der Waals surface area contributed by atoms with Crippen molar-refractivity contribution in [2.24, 2.45) is 23.3 Å². The Morgan fingerprint density at radius 2 is 1.85 bits per heavy atom. The molecular weight excluding hydrogens is 168 g/mol. The van der Waals surface area contributed by atoms with Crippen molar-refractivity contribution in [2.75, 3.05) is 0 Å². The van der Waals surface area contributed by atoms with Crippen molar-refractivity contribution in [3.63, 3.8) is 0 Å². The number of rotatable bonds is 5. The Morgan fingerprint density at radius 1 is 1.31 bits per heavy atom. The second-order valence-electron chi connectivity index (χ2n) is 3.00. The minimum atomic E-state index is -0.506. The summed E-state index contributed by atoms with van der Waals surface area (Å²) in [5.74, 6) is -1.97. The largest absolute Gasteiger partial charge is 0.369 e. The van der Waals surface area contributed by atoms with Crippen LogP contribution in [-0.2, 0) is 9.59 Å². The maximum atomic E-state index is 10.9. The average Bonchev–Trinajstić information content (AvgIpc) is 2.04. The minimum Gasteiger partial charge on any atom is -0.369 e. The summed E-state index contributed by atoms with van der Waals surface area (Å²) >= 11 is 0. The number of carbonyl (C=O) groups is 2. The van der Waals surface area contributed by atoms with E-state index in [0.717, 1.165) is 0 Å². The third-order valence-electron chi connectivity index (χ3n) is 2.04. The first kappa shape index (κ1) is 11.7. The van der Waals surface area contributed by atoms with Crippen molar-refractivity contribution in [2.45, 2.75) is 20.3 Å². The summed E-state index contributed by atoms with van der Waals surface area (Å²) in [7, 11) is 0. The molecule has 0 radical (unpaired) electrons. The molecule has 0 aliphatic carbocycles. The van der Waals surface area contributed by atoms with Crippen LogP contribution in [0.2, 0.25) is 0 Å². The van der Waals surface area contributed by atoms with Crippen LogP contribution in [0.25, 0.3) is 0 Å². The van der Waals surface area contributed by atoms with Gasteiger partial charge >= 0.3 is 0 Å². The van der Waals surface area contributed by atoms with Gasteiger partial charge in [-0.2, -0.15) is 0 Å². The van der Waals surface area contributed by atoms with Crippen LogP contribution in [0.4, 0.5) is 0 Å². The summed E-state index contributed by atoms with van der Waals surface area (Å²) in [6.45, 7) is 3.45. The van der Waals surface area contributed by atoms with Gasteiger partial charge in [-0.15, -0.1) is 0 Å². The van der Waals surface area contributed by atoms with Crippen molar-refractivity contribution in [3.05, 3.63) is 12.2 Å². The predicted molar refractivity (Wildman–Crippen MR) is 50.5 cm³/mol. The van der Waals surface area contributed by atoms with E-state index in [0.29, 0.717) is 6.42 Å². The lowest BCUT2D eigenvalue weighted by Crippen LogP contribution is -2.35. The molecule has 0 saturated carbocycles. The van der Waals surface area contributed by atoms with Gasteiger partial charge in [-0.1, -0.05) is 19.1 Å². The summed E-state index contributed by atoms with van der Waals surface area (Å²) in [6.07, 6.45) is 4.08. The molecule has 0 aromatic heterocycles.